The van der Waals surface area contributed by atoms with Gasteiger partial charge in [0.05, 0.1) is 29.4 Å². The molecule has 0 spiro atoms. The summed E-state index contributed by atoms with van der Waals surface area (Å²) in [5, 5.41) is 0. The summed E-state index contributed by atoms with van der Waals surface area (Å²) in [4.78, 5) is 21.2. The summed E-state index contributed by atoms with van der Waals surface area (Å²) in [5.74, 6) is -1.72. The quantitative estimate of drug-likeness (QED) is 0.507. The van der Waals surface area contributed by atoms with Crippen LogP contribution in [0.1, 0.15) is 28.8 Å². The maximum atomic E-state index is 13.3. The van der Waals surface area contributed by atoms with Crippen LogP contribution in [0.5, 0.6) is 0 Å². The van der Waals surface area contributed by atoms with Crippen molar-refractivity contribution >= 4 is 11.6 Å². The third-order valence-corrected chi connectivity index (χ3v) is 6.96. The summed E-state index contributed by atoms with van der Waals surface area (Å²) in [7, 11) is 0. The SMILES string of the molecule is Nc1ccc(-c2ccc(F)cc2)nc1CC(=O)N1Cc2ccc(CN3CCC(C(F)(F)F)C3)cc2C1. The van der Waals surface area contributed by atoms with Gasteiger partial charge in [0.1, 0.15) is 5.82 Å². The lowest BCUT2D eigenvalue weighted by molar-refractivity contribution is -0.170. The van der Waals surface area contributed by atoms with Gasteiger partial charge in [-0.2, -0.15) is 13.2 Å². The zero-order valence-corrected chi connectivity index (χ0v) is 19.6. The number of hydrogen-bond acceptors (Lipinski definition) is 4. The molecule has 1 amide bonds. The summed E-state index contributed by atoms with van der Waals surface area (Å²) in [6, 6.07) is 15.3. The number of hydrogen-bond donors (Lipinski definition) is 1. The third-order valence-electron chi connectivity index (χ3n) is 6.96. The number of fused-ring (bicyclic) bond motifs is 1. The van der Waals surface area contributed by atoms with Crippen LogP contribution in [0.15, 0.2) is 54.6 Å². The Morgan fingerprint density at radius 1 is 1.03 bits per heavy atom. The van der Waals surface area contributed by atoms with Gasteiger partial charge >= 0.3 is 6.18 Å². The molecule has 5 nitrogen and oxygen atoms in total. The van der Waals surface area contributed by atoms with E-state index >= 15 is 0 Å². The highest BCUT2D eigenvalue weighted by atomic mass is 19.4. The molecular weight excluding hydrogens is 472 g/mol. The standard InChI is InChI=1S/C27H26F4N4O/c28-22-5-3-18(4-6-22)24-8-7-23(32)25(33-24)12-26(36)35-14-19-2-1-17(11-20(19)15-35)13-34-10-9-21(16-34)27(29,30)31/h1-8,11,21H,9-10,12-16,32H2. The van der Waals surface area contributed by atoms with Crippen LogP contribution in [0.3, 0.4) is 0 Å². The first-order chi connectivity index (χ1) is 17.2. The molecule has 2 aromatic carbocycles. The lowest BCUT2D eigenvalue weighted by atomic mass is 10.1. The number of halogens is 4. The largest absolute Gasteiger partial charge is 0.397 e. The summed E-state index contributed by atoms with van der Waals surface area (Å²) < 4.78 is 52.2. The van der Waals surface area contributed by atoms with Crippen molar-refractivity contribution in [1.82, 2.24) is 14.8 Å². The smallest absolute Gasteiger partial charge is 0.393 e. The minimum Gasteiger partial charge on any atom is -0.397 e. The van der Waals surface area contributed by atoms with Crippen LogP contribution in [0, 0.1) is 11.7 Å². The first-order valence-electron chi connectivity index (χ1n) is 11.8. The van der Waals surface area contributed by atoms with Crippen molar-refractivity contribution in [3.05, 3.63) is 82.8 Å². The number of likely N-dealkylation sites (tertiary alicyclic amines) is 1. The number of nitrogens with two attached hydrogens (primary N) is 1. The average molecular weight is 499 g/mol. The molecule has 3 aromatic rings. The Balaban J connectivity index is 1.23. The highest BCUT2D eigenvalue weighted by Crippen LogP contribution is 2.34. The molecule has 5 rings (SSSR count). The summed E-state index contributed by atoms with van der Waals surface area (Å²) in [6.07, 6.45) is -3.98. The van der Waals surface area contributed by atoms with E-state index in [2.05, 4.69) is 4.98 Å². The molecular formula is C27H26F4N4O. The van der Waals surface area contributed by atoms with E-state index in [1.807, 2.05) is 23.1 Å². The van der Waals surface area contributed by atoms with E-state index in [4.69, 9.17) is 5.73 Å². The third kappa shape index (κ3) is 5.21. The van der Waals surface area contributed by atoms with Crippen molar-refractivity contribution in [2.24, 2.45) is 5.92 Å². The number of rotatable bonds is 5. The normalized spacial score (nSPS) is 18.0. The maximum absolute atomic E-state index is 13.3. The van der Waals surface area contributed by atoms with Crippen LogP contribution in [0.2, 0.25) is 0 Å². The topological polar surface area (TPSA) is 62.5 Å². The second-order valence-corrected chi connectivity index (χ2v) is 9.53. The van der Waals surface area contributed by atoms with Gasteiger partial charge in [-0.3, -0.25) is 14.7 Å². The Labute approximate surface area is 206 Å². The van der Waals surface area contributed by atoms with Crippen LogP contribution in [0.4, 0.5) is 23.2 Å². The van der Waals surface area contributed by atoms with Gasteiger partial charge in [0.15, 0.2) is 0 Å². The minimum absolute atomic E-state index is 0.0244. The van der Waals surface area contributed by atoms with Gasteiger partial charge < -0.3 is 10.6 Å². The maximum Gasteiger partial charge on any atom is 0.393 e. The van der Waals surface area contributed by atoms with E-state index in [1.165, 1.54) is 12.1 Å². The number of anilines is 1. The van der Waals surface area contributed by atoms with Gasteiger partial charge in [0.2, 0.25) is 5.91 Å². The number of nitrogens with zero attached hydrogens (tertiary/aromatic N) is 3. The van der Waals surface area contributed by atoms with Crippen LogP contribution in [-0.2, 0) is 30.8 Å². The molecule has 0 bridgehead atoms. The minimum atomic E-state index is -4.15. The van der Waals surface area contributed by atoms with Gasteiger partial charge in [-0.1, -0.05) is 18.2 Å². The fraction of sp³-hybridized carbons (Fsp3) is 0.333. The highest BCUT2D eigenvalue weighted by Gasteiger charge is 2.43. The zero-order valence-electron chi connectivity index (χ0n) is 19.6. The van der Waals surface area contributed by atoms with Gasteiger partial charge in [0, 0.05) is 31.7 Å². The van der Waals surface area contributed by atoms with Crippen LogP contribution < -0.4 is 5.73 Å². The predicted molar refractivity (Wildman–Crippen MR) is 128 cm³/mol. The van der Waals surface area contributed by atoms with Gasteiger partial charge in [0.25, 0.3) is 0 Å². The van der Waals surface area contributed by atoms with Crippen molar-refractivity contribution in [1.29, 1.82) is 0 Å². The van der Waals surface area contributed by atoms with Crippen LogP contribution in [-0.4, -0.2) is 40.0 Å². The Kier molecular flexibility index (Phi) is 6.42. The molecule has 9 heteroatoms. The molecule has 2 aliphatic rings. The molecule has 36 heavy (non-hydrogen) atoms. The average Bonchev–Trinajstić information content (AvgIpc) is 3.48. The Morgan fingerprint density at radius 3 is 2.50 bits per heavy atom. The van der Waals surface area contributed by atoms with Crippen LogP contribution in [0.25, 0.3) is 11.3 Å². The van der Waals surface area contributed by atoms with Gasteiger partial charge in [-0.05, 0) is 66.1 Å². The van der Waals surface area contributed by atoms with Gasteiger partial charge in [-0.15, -0.1) is 0 Å². The first-order valence-corrected chi connectivity index (χ1v) is 11.8. The van der Waals surface area contributed by atoms with Crippen molar-refractivity contribution in [2.75, 3.05) is 18.8 Å². The molecule has 2 aliphatic heterocycles. The lowest BCUT2D eigenvalue weighted by Gasteiger charge is -2.18. The molecule has 1 saturated heterocycles. The molecule has 2 N–H and O–H groups in total. The fourth-order valence-electron chi connectivity index (χ4n) is 4.91. The van der Waals surface area contributed by atoms with E-state index in [-0.39, 0.29) is 31.1 Å². The number of alkyl halides is 3. The number of aromatic nitrogens is 1. The highest BCUT2D eigenvalue weighted by molar-refractivity contribution is 5.81. The fourth-order valence-corrected chi connectivity index (χ4v) is 4.91. The summed E-state index contributed by atoms with van der Waals surface area (Å²) in [5.41, 5.74) is 11.3. The molecule has 1 fully saturated rings. The predicted octanol–water partition coefficient (Wildman–Crippen LogP) is 4.94. The van der Waals surface area contributed by atoms with E-state index in [0.29, 0.717) is 43.3 Å². The van der Waals surface area contributed by atoms with E-state index < -0.39 is 12.1 Å². The Morgan fingerprint density at radius 2 is 1.78 bits per heavy atom. The van der Waals surface area contributed by atoms with E-state index in [0.717, 1.165) is 22.3 Å². The lowest BCUT2D eigenvalue weighted by Crippen LogP contribution is -2.27. The zero-order chi connectivity index (χ0) is 25.4. The van der Waals surface area contributed by atoms with Crippen molar-refractivity contribution in [3.8, 4) is 11.3 Å². The molecule has 1 unspecified atom stereocenters. The van der Waals surface area contributed by atoms with Crippen molar-refractivity contribution in [3.63, 3.8) is 0 Å². The van der Waals surface area contributed by atoms with Crippen LogP contribution >= 0.6 is 0 Å². The second-order valence-electron chi connectivity index (χ2n) is 9.53. The van der Waals surface area contributed by atoms with E-state index in [1.54, 1.807) is 29.2 Å². The molecule has 0 radical (unpaired) electrons. The second kappa shape index (κ2) is 9.54. The molecule has 1 aromatic heterocycles. The van der Waals surface area contributed by atoms with Gasteiger partial charge in [-0.25, -0.2) is 4.39 Å². The molecule has 0 saturated carbocycles. The summed E-state index contributed by atoms with van der Waals surface area (Å²) >= 11 is 0. The summed E-state index contributed by atoms with van der Waals surface area (Å²) in [6.45, 7) is 1.81. The Bertz CT molecular complexity index is 1280. The molecule has 3 heterocycles. The monoisotopic (exact) mass is 498 g/mol. The number of nitrogen functional groups attached to an aromatic ring is 1. The molecule has 0 aliphatic carbocycles. The number of pyridine rings is 1. The van der Waals surface area contributed by atoms with E-state index in [9.17, 15) is 22.4 Å². The number of benzene rings is 2. The Hall–Kier alpha value is -3.46. The molecule has 188 valence electrons. The van der Waals surface area contributed by atoms with Crippen molar-refractivity contribution in [2.45, 2.75) is 38.7 Å². The number of carbonyl (C=O) groups excluding carboxylic acids is 1. The number of carbonyl (C=O) groups is 1. The first kappa shape index (κ1) is 24.2. The van der Waals surface area contributed by atoms with Crippen molar-refractivity contribution < 1.29 is 22.4 Å². The molecule has 1 atom stereocenters. The number of amides is 1.